The van der Waals surface area contributed by atoms with Gasteiger partial charge in [-0.25, -0.2) is 4.39 Å². The molecule has 184 valence electrons. The second-order valence-electron chi connectivity index (χ2n) is 10.8. The third-order valence-corrected chi connectivity index (χ3v) is 8.79. The Bertz CT molecular complexity index is 1160. The SMILES string of the molecule is C[C@H]1CCCN1C(=O)c1ccc(-c2ccc3c(c2)CCN([C@H]2CCN(C4CCC4)C2)C3=O)c(F)c1. The molecular weight excluding hydrogens is 441 g/mol. The van der Waals surface area contributed by atoms with E-state index in [0.29, 0.717) is 17.2 Å². The molecule has 6 rings (SSSR count). The fourth-order valence-corrected chi connectivity index (χ4v) is 6.41. The smallest absolute Gasteiger partial charge is 0.254 e. The van der Waals surface area contributed by atoms with Gasteiger partial charge in [0.15, 0.2) is 0 Å². The van der Waals surface area contributed by atoms with Gasteiger partial charge in [-0.05, 0) is 74.8 Å². The first kappa shape index (κ1) is 22.7. The molecule has 0 spiro atoms. The number of likely N-dealkylation sites (tertiary alicyclic amines) is 2. The lowest BCUT2D eigenvalue weighted by molar-refractivity contribution is 0.0646. The van der Waals surface area contributed by atoms with Crippen molar-refractivity contribution >= 4 is 11.8 Å². The van der Waals surface area contributed by atoms with Gasteiger partial charge in [0.05, 0.1) is 0 Å². The molecule has 1 saturated carbocycles. The fraction of sp³-hybridized carbons (Fsp3) is 0.517. The van der Waals surface area contributed by atoms with Crippen molar-refractivity contribution in [3.8, 4) is 11.1 Å². The molecular formula is C29H34FN3O2. The van der Waals surface area contributed by atoms with Crippen molar-refractivity contribution in [3.63, 3.8) is 0 Å². The van der Waals surface area contributed by atoms with Gasteiger partial charge in [-0.3, -0.25) is 14.5 Å². The number of carbonyl (C=O) groups excluding carboxylic acids is 2. The molecule has 6 heteroatoms. The van der Waals surface area contributed by atoms with Crippen LogP contribution in [0.3, 0.4) is 0 Å². The summed E-state index contributed by atoms with van der Waals surface area (Å²) in [5, 5.41) is 0. The summed E-state index contributed by atoms with van der Waals surface area (Å²) in [5.41, 5.74) is 3.37. The van der Waals surface area contributed by atoms with Crippen molar-refractivity contribution in [2.75, 3.05) is 26.2 Å². The van der Waals surface area contributed by atoms with E-state index in [1.54, 1.807) is 12.1 Å². The van der Waals surface area contributed by atoms with Crippen LogP contribution in [-0.2, 0) is 6.42 Å². The molecule has 2 atom stereocenters. The maximum absolute atomic E-state index is 15.1. The molecule has 1 aliphatic carbocycles. The van der Waals surface area contributed by atoms with E-state index in [9.17, 15) is 9.59 Å². The van der Waals surface area contributed by atoms with Crippen molar-refractivity contribution in [1.82, 2.24) is 14.7 Å². The topological polar surface area (TPSA) is 43.9 Å². The summed E-state index contributed by atoms with van der Waals surface area (Å²) in [4.78, 5) is 32.6. The molecule has 0 aromatic heterocycles. The maximum Gasteiger partial charge on any atom is 0.254 e. The van der Waals surface area contributed by atoms with Crippen LogP contribution in [0, 0.1) is 5.82 Å². The van der Waals surface area contributed by atoms with Crippen molar-refractivity contribution in [2.45, 2.75) is 70.0 Å². The average Bonchev–Trinajstić information content (AvgIpc) is 3.47. The van der Waals surface area contributed by atoms with Gasteiger partial charge in [0.25, 0.3) is 11.8 Å². The zero-order valence-electron chi connectivity index (χ0n) is 20.5. The van der Waals surface area contributed by atoms with Crippen LogP contribution in [-0.4, -0.2) is 70.8 Å². The number of halogens is 1. The number of hydrogen-bond donors (Lipinski definition) is 0. The number of carbonyl (C=O) groups is 2. The Morgan fingerprint density at radius 3 is 2.46 bits per heavy atom. The Labute approximate surface area is 206 Å². The predicted molar refractivity (Wildman–Crippen MR) is 134 cm³/mol. The third kappa shape index (κ3) is 4.06. The van der Waals surface area contributed by atoms with Crippen LogP contribution in [0.5, 0.6) is 0 Å². The molecule has 0 N–H and O–H groups in total. The van der Waals surface area contributed by atoms with E-state index in [1.165, 1.54) is 25.3 Å². The molecule has 2 aromatic rings. The van der Waals surface area contributed by atoms with Crippen molar-refractivity contribution < 1.29 is 14.0 Å². The molecule has 35 heavy (non-hydrogen) atoms. The van der Waals surface area contributed by atoms with E-state index in [-0.39, 0.29) is 17.9 Å². The Morgan fingerprint density at radius 2 is 1.74 bits per heavy atom. The zero-order chi connectivity index (χ0) is 24.1. The van der Waals surface area contributed by atoms with E-state index < -0.39 is 5.82 Å². The highest BCUT2D eigenvalue weighted by Crippen LogP contribution is 2.33. The summed E-state index contributed by atoms with van der Waals surface area (Å²) in [6.07, 6.45) is 7.78. The minimum Gasteiger partial charge on any atom is -0.336 e. The van der Waals surface area contributed by atoms with Crippen molar-refractivity contribution in [2.24, 2.45) is 0 Å². The standard InChI is InChI=1S/C29H34FN3O2/c1-19-4-3-13-32(19)28(34)22-8-9-25(27(30)17-22)20-7-10-26-21(16-20)11-15-33(29(26)35)24-12-14-31(18-24)23-5-2-6-23/h7-10,16-17,19,23-24H,2-6,11-15,18H2,1H3/t19-,24-/m0/s1. The van der Waals surface area contributed by atoms with E-state index >= 15 is 4.39 Å². The Balaban J connectivity index is 1.18. The molecule has 3 heterocycles. The molecule has 5 nitrogen and oxygen atoms in total. The summed E-state index contributed by atoms with van der Waals surface area (Å²) in [7, 11) is 0. The highest BCUT2D eigenvalue weighted by atomic mass is 19.1. The zero-order valence-corrected chi connectivity index (χ0v) is 20.5. The van der Waals surface area contributed by atoms with Gasteiger partial charge < -0.3 is 9.80 Å². The monoisotopic (exact) mass is 475 g/mol. The van der Waals surface area contributed by atoms with Crippen molar-refractivity contribution in [3.05, 3.63) is 58.9 Å². The van der Waals surface area contributed by atoms with Gasteiger partial charge in [0.2, 0.25) is 0 Å². The quantitative estimate of drug-likeness (QED) is 0.642. The number of benzene rings is 2. The number of rotatable bonds is 4. The van der Waals surface area contributed by atoms with Crippen LogP contribution >= 0.6 is 0 Å². The van der Waals surface area contributed by atoms with Crippen LogP contribution in [0.1, 0.15) is 71.7 Å². The average molecular weight is 476 g/mol. The molecule has 0 bridgehead atoms. The number of nitrogens with zero attached hydrogens (tertiary/aromatic N) is 3. The predicted octanol–water partition coefficient (Wildman–Crippen LogP) is 4.74. The summed E-state index contributed by atoms with van der Waals surface area (Å²) < 4.78 is 15.1. The minimum absolute atomic E-state index is 0.0978. The highest BCUT2D eigenvalue weighted by molar-refractivity contribution is 5.98. The largest absolute Gasteiger partial charge is 0.336 e. The summed E-state index contributed by atoms with van der Waals surface area (Å²) in [5.74, 6) is -0.382. The number of fused-ring (bicyclic) bond motifs is 1. The normalized spacial score (nSPS) is 25.1. The second kappa shape index (κ2) is 9.05. The molecule has 2 amide bonds. The number of hydrogen-bond acceptors (Lipinski definition) is 3. The second-order valence-corrected chi connectivity index (χ2v) is 10.8. The first-order valence-electron chi connectivity index (χ1n) is 13.3. The highest BCUT2D eigenvalue weighted by Gasteiger charge is 2.37. The Hall–Kier alpha value is -2.73. The molecule has 2 saturated heterocycles. The van der Waals surface area contributed by atoms with Crippen LogP contribution in [0.15, 0.2) is 36.4 Å². The van der Waals surface area contributed by atoms with Gasteiger partial charge in [0.1, 0.15) is 5.82 Å². The summed E-state index contributed by atoms with van der Waals surface area (Å²) >= 11 is 0. The van der Waals surface area contributed by atoms with E-state index in [4.69, 9.17) is 0 Å². The van der Waals surface area contributed by atoms with E-state index in [0.717, 1.165) is 74.6 Å². The first-order valence-corrected chi connectivity index (χ1v) is 13.3. The lowest BCUT2D eigenvalue weighted by Gasteiger charge is -2.37. The van der Waals surface area contributed by atoms with Crippen LogP contribution in [0.2, 0.25) is 0 Å². The van der Waals surface area contributed by atoms with E-state index in [1.807, 2.05) is 30.0 Å². The lowest BCUT2D eigenvalue weighted by Crippen LogP contribution is -2.47. The molecule has 0 radical (unpaired) electrons. The molecule has 0 unspecified atom stereocenters. The Morgan fingerprint density at radius 1 is 0.914 bits per heavy atom. The Kier molecular flexibility index (Phi) is 5.87. The van der Waals surface area contributed by atoms with Gasteiger partial charge in [-0.1, -0.05) is 24.6 Å². The van der Waals surface area contributed by atoms with Gasteiger partial charge >= 0.3 is 0 Å². The summed E-state index contributed by atoms with van der Waals surface area (Å²) in [6.45, 7) is 5.60. The molecule has 3 aliphatic heterocycles. The molecule has 3 fully saturated rings. The molecule has 4 aliphatic rings. The summed E-state index contributed by atoms with van der Waals surface area (Å²) in [6, 6.07) is 11.7. The maximum atomic E-state index is 15.1. The minimum atomic E-state index is -0.395. The van der Waals surface area contributed by atoms with Gasteiger partial charge in [-0.15, -0.1) is 0 Å². The number of amides is 2. The molecule has 2 aromatic carbocycles. The lowest BCUT2D eigenvalue weighted by atomic mass is 9.91. The van der Waals surface area contributed by atoms with E-state index in [2.05, 4.69) is 9.80 Å². The van der Waals surface area contributed by atoms with Crippen LogP contribution < -0.4 is 0 Å². The fourth-order valence-electron chi connectivity index (χ4n) is 6.41. The van der Waals surface area contributed by atoms with Gasteiger partial charge in [-0.2, -0.15) is 0 Å². The van der Waals surface area contributed by atoms with Crippen LogP contribution in [0.4, 0.5) is 4.39 Å². The van der Waals surface area contributed by atoms with Gasteiger partial charge in [0, 0.05) is 61.0 Å². The third-order valence-electron chi connectivity index (χ3n) is 8.79. The van der Waals surface area contributed by atoms with Crippen LogP contribution in [0.25, 0.3) is 11.1 Å². The van der Waals surface area contributed by atoms with Crippen molar-refractivity contribution in [1.29, 1.82) is 0 Å². The first-order chi connectivity index (χ1) is 17.0.